The van der Waals surface area contributed by atoms with Gasteiger partial charge in [-0.25, -0.2) is 14.2 Å². The number of carbonyl (C=O) groups is 1. The lowest BCUT2D eigenvalue weighted by molar-refractivity contribution is 0.0601. The predicted octanol–water partition coefficient (Wildman–Crippen LogP) is 5.46. The number of halogens is 2. The molecule has 0 amide bonds. The average molecular weight is 454 g/mol. The highest BCUT2D eigenvalue weighted by atomic mass is 35.5. The fourth-order valence-electron chi connectivity index (χ4n) is 3.76. The quantitative estimate of drug-likeness (QED) is 0.381. The number of hydrogen-bond donors (Lipinski definition) is 0. The van der Waals surface area contributed by atoms with Gasteiger partial charge in [-0.05, 0) is 30.3 Å². The molecule has 0 N–H and O–H groups in total. The summed E-state index contributed by atoms with van der Waals surface area (Å²) in [5.41, 5.74) is 2.35. The summed E-state index contributed by atoms with van der Waals surface area (Å²) in [6.45, 7) is 0.378. The van der Waals surface area contributed by atoms with Gasteiger partial charge in [-0.2, -0.15) is 0 Å². The minimum absolute atomic E-state index is 0.310. The summed E-state index contributed by atoms with van der Waals surface area (Å²) < 4.78 is 31.2. The molecule has 0 saturated heterocycles. The van der Waals surface area contributed by atoms with Gasteiger partial charge in [0.15, 0.2) is 11.7 Å². The molecule has 1 aliphatic rings. The molecule has 0 fully saturated rings. The van der Waals surface area contributed by atoms with Crippen molar-refractivity contribution < 1.29 is 23.1 Å². The van der Waals surface area contributed by atoms with Crippen LogP contribution < -0.4 is 9.64 Å². The highest BCUT2D eigenvalue weighted by Crippen LogP contribution is 2.42. The van der Waals surface area contributed by atoms with Crippen LogP contribution in [0.25, 0.3) is 11.1 Å². The van der Waals surface area contributed by atoms with Crippen molar-refractivity contribution in [2.45, 2.75) is 12.5 Å². The van der Waals surface area contributed by atoms with Gasteiger partial charge in [0.1, 0.15) is 17.1 Å². The number of aromatic nitrogens is 2. The third-order valence-corrected chi connectivity index (χ3v) is 5.55. The SMILES string of the molecule is COC(=O)c1ccncc1N1CCC(c2nc3cccc(Cl)c3o2)Oc2ccc(F)cc21. The number of fused-ring (bicyclic) bond motifs is 2. The van der Waals surface area contributed by atoms with E-state index in [0.29, 0.717) is 57.7 Å². The zero-order chi connectivity index (χ0) is 22.2. The molecule has 0 radical (unpaired) electrons. The summed E-state index contributed by atoms with van der Waals surface area (Å²) in [4.78, 5) is 22.8. The van der Waals surface area contributed by atoms with Crippen LogP contribution in [0.5, 0.6) is 5.75 Å². The van der Waals surface area contributed by atoms with Gasteiger partial charge in [0.2, 0.25) is 5.89 Å². The Morgan fingerprint density at radius 1 is 1.25 bits per heavy atom. The highest BCUT2D eigenvalue weighted by Gasteiger charge is 2.30. The Morgan fingerprint density at radius 3 is 2.94 bits per heavy atom. The van der Waals surface area contributed by atoms with E-state index < -0.39 is 17.9 Å². The standard InChI is InChI=1S/C23H17ClFN3O4/c1-30-23(29)14-7-9-26-12-18(14)28-10-8-20(31-19-6-5-13(25)11-17(19)28)22-27-16-4-2-3-15(24)21(16)32-22/h2-7,9,11-12,20H,8,10H2,1H3. The van der Waals surface area contributed by atoms with Gasteiger partial charge in [0, 0.05) is 25.2 Å². The first-order chi connectivity index (χ1) is 15.5. The van der Waals surface area contributed by atoms with Crippen LogP contribution in [0.2, 0.25) is 5.02 Å². The Labute approximate surface area is 187 Å². The lowest BCUT2D eigenvalue weighted by atomic mass is 10.1. The number of anilines is 2. The molecule has 9 heteroatoms. The Morgan fingerprint density at radius 2 is 2.12 bits per heavy atom. The summed E-state index contributed by atoms with van der Waals surface area (Å²) >= 11 is 6.23. The molecule has 32 heavy (non-hydrogen) atoms. The van der Waals surface area contributed by atoms with E-state index in [1.54, 1.807) is 41.4 Å². The number of ether oxygens (including phenoxy) is 2. The van der Waals surface area contributed by atoms with Crippen molar-refractivity contribution in [3.8, 4) is 5.75 Å². The molecule has 2 aromatic heterocycles. The first-order valence-corrected chi connectivity index (χ1v) is 10.2. The Kier molecular flexibility index (Phi) is 5.14. The second-order valence-electron chi connectivity index (χ2n) is 7.18. The second kappa shape index (κ2) is 8.12. The molecule has 5 rings (SSSR count). The lowest BCUT2D eigenvalue weighted by Crippen LogP contribution is -2.21. The normalized spacial score (nSPS) is 15.7. The maximum Gasteiger partial charge on any atom is 0.340 e. The molecule has 7 nitrogen and oxygen atoms in total. The fourth-order valence-corrected chi connectivity index (χ4v) is 3.97. The van der Waals surface area contributed by atoms with E-state index in [-0.39, 0.29) is 0 Å². The largest absolute Gasteiger partial charge is 0.478 e. The van der Waals surface area contributed by atoms with Gasteiger partial charge < -0.3 is 18.8 Å². The number of oxazole rings is 1. The van der Waals surface area contributed by atoms with E-state index in [0.717, 1.165) is 0 Å². The first-order valence-electron chi connectivity index (χ1n) is 9.86. The Balaban J connectivity index is 1.59. The van der Waals surface area contributed by atoms with E-state index in [1.165, 1.54) is 25.4 Å². The smallest absolute Gasteiger partial charge is 0.340 e. The van der Waals surface area contributed by atoms with Gasteiger partial charge in [-0.15, -0.1) is 0 Å². The molecule has 0 bridgehead atoms. The maximum atomic E-state index is 14.2. The molecular weight excluding hydrogens is 437 g/mol. The van der Waals surface area contributed by atoms with Gasteiger partial charge in [0.05, 0.1) is 35.3 Å². The van der Waals surface area contributed by atoms with Crippen molar-refractivity contribution in [3.05, 3.63) is 77.2 Å². The van der Waals surface area contributed by atoms with E-state index in [2.05, 4.69) is 9.97 Å². The summed E-state index contributed by atoms with van der Waals surface area (Å²) in [5.74, 6) is -0.171. The second-order valence-corrected chi connectivity index (χ2v) is 7.59. The molecule has 0 aliphatic carbocycles. The van der Waals surface area contributed by atoms with E-state index >= 15 is 0 Å². The Bertz CT molecular complexity index is 1330. The van der Waals surface area contributed by atoms with Crippen LogP contribution in [0.15, 0.2) is 59.3 Å². The van der Waals surface area contributed by atoms with Gasteiger partial charge in [-0.1, -0.05) is 17.7 Å². The van der Waals surface area contributed by atoms with E-state index in [9.17, 15) is 9.18 Å². The molecular formula is C23H17ClFN3O4. The van der Waals surface area contributed by atoms with Crippen molar-refractivity contribution >= 4 is 40.0 Å². The van der Waals surface area contributed by atoms with Crippen molar-refractivity contribution in [1.82, 2.24) is 9.97 Å². The van der Waals surface area contributed by atoms with Crippen LogP contribution in [-0.2, 0) is 4.74 Å². The minimum Gasteiger partial charge on any atom is -0.478 e. The van der Waals surface area contributed by atoms with Crippen LogP contribution in [0.1, 0.15) is 28.8 Å². The van der Waals surface area contributed by atoms with Gasteiger partial charge in [0.25, 0.3) is 0 Å². The number of esters is 1. The van der Waals surface area contributed by atoms with Crippen molar-refractivity contribution in [1.29, 1.82) is 0 Å². The van der Waals surface area contributed by atoms with E-state index in [4.69, 9.17) is 25.5 Å². The first kappa shape index (κ1) is 20.3. The third-order valence-electron chi connectivity index (χ3n) is 5.25. The number of benzene rings is 2. The van der Waals surface area contributed by atoms with Gasteiger partial charge >= 0.3 is 5.97 Å². The minimum atomic E-state index is -0.550. The van der Waals surface area contributed by atoms with Crippen LogP contribution in [0.4, 0.5) is 15.8 Å². The summed E-state index contributed by atoms with van der Waals surface area (Å²) in [6, 6.07) is 11.1. The average Bonchev–Trinajstić information content (AvgIpc) is 3.16. The number of methoxy groups -OCH3 is 1. The number of para-hydroxylation sites is 1. The molecule has 4 aromatic rings. The molecule has 1 atom stereocenters. The zero-order valence-corrected chi connectivity index (χ0v) is 17.7. The molecule has 162 valence electrons. The van der Waals surface area contributed by atoms with Crippen LogP contribution in [0, 0.1) is 5.82 Å². The predicted molar refractivity (Wildman–Crippen MR) is 116 cm³/mol. The van der Waals surface area contributed by atoms with Crippen LogP contribution in [0.3, 0.4) is 0 Å². The monoisotopic (exact) mass is 453 g/mol. The van der Waals surface area contributed by atoms with Crippen molar-refractivity contribution in [2.75, 3.05) is 18.6 Å². The van der Waals surface area contributed by atoms with E-state index in [1.807, 2.05) is 0 Å². The zero-order valence-electron chi connectivity index (χ0n) is 16.9. The van der Waals surface area contributed by atoms with Crippen molar-refractivity contribution in [3.63, 3.8) is 0 Å². The lowest BCUT2D eigenvalue weighted by Gasteiger charge is -2.25. The van der Waals surface area contributed by atoms with Gasteiger partial charge in [-0.3, -0.25) is 4.98 Å². The molecule has 2 aromatic carbocycles. The molecule has 0 saturated carbocycles. The molecule has 1 aliphatic heterocycles. The number of hydrogen-bond acceptors (Lipinski definition) is 7. The topological polar surface area (TPSA) is 77.7 Å². The number of nitrogens with zero attached hydrogens (tertiary/aromatic N) is 3. The highest BCUT2D eigenvalue weighted by molar-refractivity contribution is 6.34. The number of rotatable bonds is 3. The Hall–Kier alpha value is -3.65. The summed E-state index contributed by atoms with van der Waals surface area (Å²) in [6.07, 6.45) is 2.93. The third kappa shape index (κ3) is 3.52. The summed E-state index contributed by atoms with van der Waals surface area (Å²) in [5, 5.41) is 0.456. The molecule has 0 spiro atoms. The molecule has 1 unspecified atom stereocenters. The van der Waals surface area contributed by atoms with Crippen LogP contribution >= 0.6 is 11.6 Å². The number of carbonyl (C=O) groups excluding carboxylic acids is 1. The summed E-state index contributed by atoms with van der Waals surface area (Å²) in [7, 11) is 1.31. The molecule has 3 heterocycles. The van der Waals surface area contributed by atoms with Crippen LogP contribution in [-0.4, -0.2) is 29.6 Å². The maximum absolute atomic E-state index is 14.2. The number of pyridine rings is 1. The fraction of sp³-hybridized carbons (Fsp3) is 0.174. The van der Waals surface area contributed by atoms with Crippen molar-refractivity contribution in [2.24, 2.45) is 0 Å².